The third-order valence-electron chi connectivity index (χ3n) is 2.68. The summed E-state index contributed by atoms with van der Waals surface area (Å²) in [7, 11) is 0. The topological polar surface area (TPSA) is 30.9 Å². The Hall–Kier alpha value is -0.920. The van der Waals surface area contributed by atoms with Crippen molar-refractivity contribution in [2.45, 2.75) is 39.2 Å². The highest BCUT2D eigenvalue weighted by Crippen LogP contribution is 2.30. The smallest absolute Gasteiger partial charge is 0.0529 e. The van der Waals surface area contributed by atoms with Crippen molar-refractivity contribution in [1.29, 1.82) is 0 Å². The van der Waals surface area contributed by atoms with E-state index in [0.29, 0.717) is 6.04 Å². The standard InChI is InChI=1S/C10H16N2/c1-7(2)12-6-9(11)8-4-3-5-10(8)12/h6-7H,3-5,11H2,1-2H3. The lowest BCUT2D eigenvalue weighted by molar-refractivity contribution is 0.579. The van der Waals surface area contributed by atoms with Gasteiger partial charge in [-0.05, 0) is 38.7 Å². The lowest BCUT2D eigenvalue weighted by Crippen LogP contribution is -2.02. The van der Waals surface area contributed by atoms with Gasteiger partial charge in [0.15, 0.2) is 0 Å². The molecule has 1 aromatic rings. The van der Waals surface area contributed by atoms with Crippen LogP contribution < -0.4 is 5.73 Å². The minimum atomic E-state index is 0.550. The second-order valence-electron chi connectivity index (χ2n) is 3.86. The summed E-state index contributed by atoms with van der Waals surface area (Å²) >= 11 is 0. The first-order valence-corrected chi connectivity index (χ1v) is 4.68. The summed E-state index contributed by atoms with van der Waals surface area (Å²) in [6, 6.07) is 0.550. The van der Waals surface area contributed by atoms with E-state index >= 15 is 0 Å². The normalized spacial score (nSPS) is 15.6. The summed E-state index contributed by atoms with van der Waals surface area (Å²) in [5.41, 5.74) is 9.79. The zero-order chi connectivity index (χ0) is 8.72. The number of aromatic nitrogens is 1. The molecule has 0 aliphatic heterocycles. The number of hydrogen-bond donors (Lipinski definition) is 1. The van der Waals surface area contributed by atoms with E-state index < -0.39 is 0 Å². The Morgan fingerprint density at radius 2 is 2.17 bits per heavy atom. The molecule has 0 amide bonds. The third-order valence-corrected chi connectivity index (χ3v) is 2.68. The van der Waals surface area contributed by atoms with Crippen LogP contribution in [0.25, 0.3) is 0 Å². The lowest BCUT2D eigenvalue weighted by Gasteiger charge is -2.10. The molecule has 2 rings (SSSR count). The van der Waals surface area contributed by atoms with Gasteiger partial charge < -0.3 is 10.3 Å². The first kappa shape index (κ1) is 7.71. The van der Waals surface area contributed by atoms with Crippen molar-refractivity contribution in [3.8, 4) is 0 Å². The van der Waals surface area contributed by atoms with E-state index in [1.807, 2.05) is 0 Å². The number of nitrogen functional groups attached to an aromatic ring is 1. The predicted molar refractivity (Wildman–Crippen MR) is 51.3 cm³/mol. The molecule has 0 saturated heterocycles. The number of fused-ring (bicyclic) bond motifs is 1. The second kappa shape index (κ2) is 2.54. The molecule has 2 heteroatoms. The quantitative estimate of drug-likeness (QED) is 0.677. The van der Waals surface area contributed by atoms with E-state index in [1.54, 1.807) is 0 Å². The van der Waals surface area contributed by atoms with Crippen molar-refractivity contribution >= 4 is 5.69 Å². The average Bonchev–Trinajstić information content (AvgIpc) is 2.53. The van der Waals surface area contributed by atoms with Gasteiger partial charge >= 0.3 is 0 Å². The zero-order valence-corrected chi connectivity index (χ0v) is 7.80. The number of rotatable bonds is 1. The summed E-state index contributed by atoms with van der Waals surface area (Å²) in [6.07, 6.45) is 5.77. The largest absolute Gasteiger partial charge is 0.397 e. The van der Waals surface area contributed by atoms with Crippen LogP contribution >= 0.6 is 0 Å². The van der Waals surface area contributed by atoms with Gasteiger partial charge in [-0.1, -0.05) is 0 Å². The average molecular weight is 164 g/mol. The SMILES string of the molecule is CC(C)n1cc(N)c2c1CCC2. The first-order chi connectivity index (χ1) is 5.70. The van der Waals surface area contributed by atoms with E-state index in [0.717, 1.165) is 5.69 Å². The van der Waals surface area contributed by atoms with Crippen LogP contribution in [0.3, 0.4) is 0 Å². The molecule has 0 aromatic carbocycles. The first-order valence-electron chi connectivity index (χ1n) is 4.68. The van der Waals surface area contributed by atoms with Gasteiger partial charge in [0.1, 0.15) is 0 Å². The number of nitrogens with zero attached hydrogens (tertiary/aromatic N) is 1. The van der Waals surface area contributed by atoms with Crippen LogP contribution in [0.2, 0.25) is 0 Å². The van der Waals surface area contributed by atoms with Crippen LogP contribution in [-0.4, -0.2) is 4.57 Å². The Morgan fingerprint density at radius 3 is 2.83 bits per heavy atom. The fourth-order valence-corrected chi connectivity index (χ4v) is 2.09. The molecule has 1 aliphatic rings. The highest BCUT2D eigenvalue weighted by molar-refractivity contribution is 5.51. The monoisotopic (exact) mass is 164 g/mol. The summed E-state index contributed by atoms with van der Waals surface area (Å²) in [5, 5.41) is 0. The molecule has 0 unspecified atom stereocenters. The van der Waals surface area contributed by atoms with Gasteiger partial charge in [-0.15, -0.1) is 0 Å². The molecule has 12 heavy (non-hydrogen) atoms. The molecule has 0 atom stereocenters. The molecule has 1 heterocycles. The van der Waals surface area contributed by atoms with Crippen LogP contribution in [0.4, 0.5) is 5.69 Å². The fourth-order valence-electron chi connectivity index (χ4n) is 2.09. The van der Waals surface area contributed by atoms with Crippen LogP contribution in [0.1, 0.15) is 37.6 Å². The van der Waals surface area contributed by atoms with Crippen molar-refractivity contribution in [3.63, 3.8) is 0 Å². The van der Waals surface area contributed by atoms with E-state index in [2.05, 4.69) is 24.6 Å². The van der Waals surface area contributed by atoms with Crippen molar-refractivity contribution in [3.05, 3.63) is 17.5 Å². The maximum absolute atomic E-state index is 5.91. The molecule has 0 saturated carbocycles. The molecular weight excluding hydrogens is 148 g/mol. The van der Waals surface area contributed by atoms with E-state index in [1.165, 1.54) is 30.5 Å². The van der Waals surface area contributed by atoms with E-state index in [9.17, 15) is 0 Å². The number of hydrogen-bond acceptors (Lipinski definition) is 1. The van der Waals surface area contributed by atoms with Crippen LogP contribution in [0.5, 0.6) is 0 Å². The van der Waals surface area contributed by atoms with Crippen LogP contribution in [0, 0.1) is 0 Å². The molecule has 0 fully saturated rings. The van der Waals surface area contributed by atoms with Gasteiger partial charge in [0.05, 0.1) is 5.69 Å². The van der Waals surface area contributed by atoms with E-state index in [-0.39, 0.29) is 0 Å². The molecule has 2 nitrogen and oxygen atoms in total. The molecular formula is C10H16N2. The van der Waals surface area contributed by atoms with Gasteiger partial charge in [-0.2, -0.15) is 0 Å². The molecule has 66 valence electrons. The lowest BCUT2D eigenvalue weighted by atomic mass is 10.2. The minimum absolute atomic E-state index is 0.550. The van der Waals surface area contributed by atoms with Crippen LogP contribution in [-0.2, 0) is 12.8 Å². The van der Waals surface area contributed by atoms with Crippen molar-refractivity contribution < 1.29 is 0 Å². The van der Waals surface area contributed by atoms with Gasteiger partial charge in [0.25, 0.3) is 0 Å². The molecule has 1 aliphatic carbocycles. The van der Waals surface area contributed by atoms with Gasteiger partial charge in [0, 0.05) is 17.9 Å². The van der Waals surface area contributed by atoms with Crippen LogP contribution in [0.15, 0.2) is 6.20 Å². The Bertz CT molecular complexity index is 297. The Kier molecular flexibility index (Phi) is 1.63. The van der Waals surface area contributed by atoms with Crippen molar-refractivity contribution in [1.82, 2.24) is 4.57 Å². The van der Waals surface area contributed by atoms with Crippen molar-refractivity contribution in [2.75, 3.05) is 5.73 Å². The Morgan fingerprint density at radius 1 is 1.42 bits per heavy atom. The van der Waals surface area contributed by atoms with E-state index in [4.69, 9.17) is 5.73 Å². The summed E-state index contributed by atoms with van der Waals surface area (Å²) in [5.74, 6) is 0. The third kappa shape index (κ3) is 0.942. The van der Waals surface area contributed by atoms with Gasteiger partial charge in [0.2, 0.25) is 0 Å². The Balaban J connectivity index is 2.51. The van der Waals surface area contributed by atoms with Crippen molar-refractivity contribution in [2.24, 2.45) is 0 Å². The minimum Gasteiger partial charge on any atom is -0.397 e. The highest BCUT2D eigenvalue weighted by atomic mass is 15.0. The Labute approximate surface area is 73.4 Å². The molecule has 0 bridgehead atoms. The molecule has 2 N–H and O–H groups in total. The fraction of sp³-hybridized carbons (Fsp3) is 0.600. The molecule has 0 radical (unpaired) electrons. The summed E-state index contributed by atoms with van der Waals surface area (Å²) < 4.78 is 2.32. The molecule has 1 aromatic heterocycles. The zero-order valence-electron chi connectivity index (χ0n) is 7.80. The van der Waals surface area contributed by atoms with Gasteiger partial charge in [-0.25, -0.2) is 0 Å². The highest BCUT2D eigenvalue weighted by Gasteiger charge is 2.19. The summed E-state index contributed by atoms with van der Waals surface area (Å²) in [4.78, 5) is 0. The number of anilines is 1. The molecule has 0 spiro atoms. The predicted octanol–water partition coefficient (Wildman–Crippen LogP) is 2.14. The maximum atomic E-state index is 5.91. The maximum Gasteiger partial charge on any atom is 0.0529 e. The summed E-state index contributed by atoms with van der Waals surface area (Å²) in [6.45, 7) is 4.41. The number of nitrogens with two attached hydrogens (primary N) is 1. The second-order valence-corrected chi connectivity index (χ2v) is 3.86. The van der Waals surface area contributed by atoms with Gasteiger partial charge in [-0.3, -0.25) is 0 Å².